The number of hydrogen-bond acceptors (Lipinski definition) is 6. The minimum atomic E-state index is -0.975. The Morgan fingerprint density at radius 3 is 2.49 bits per heavy atom. The largest absolute Gasteiger partial charge is 0.346 e. The van der Waals surface area contributed by atoms with E-state index in [-0.39, 0.29) is 35.6 Å². The standard InChI is InChI=1S/C26H38N4O5/c1-5-10-18(22(32)24(34)27-13-6-2)29-23(33)21-19-17(26(19,3)4)14-30(21)25(35)20(28-15-31)16-11-8-7-9-12-16/h6,16-21H,2,5,7-14H2,1,3-4H3,(H,27,34)(H,29,33)/t17-,18?,19-,20-,21-/m0/s1. The number of fused-ring (bicyclic) bond motifs is 1. The number of nitrogens with zero attached hydrogens (tertiary/aromatic N) is 2. The van der Waals surface area contributed by atoms with Gasteiger partial charge >= 0.3 is 0 Å². The highest BCUT2D eigenvalue weighted by atomic mass is 16.2. The van der Waals surface area contributed by atoms with Crippen LogP contribution in [0, 0.1) is 23.2 Å². The summed E-state index contributed by atoms with van der Waals surface area (Å²) in [5, 5.41) is 5.24. The van der Waals surface area contributed by atoms with Gasteiger partial charge in [0, 0.05) is 13.1 Å². The van der Waals surface area contributed by atoms with Gasteiger partial charge in [-0.15, -0.1) is 6.58 Å². The first-order valence-electron chi connectivity index (χ1n) is 12.8. The predicted molar refractivity (Wildman–Crippen MR) is 130 cm³/mol. The Morgan fingerprint density at radius 2 is 1.89 bits per heavy atom. The molecule has 0 aromatic heterocycles. The number of amides is 3. The van der Waals surface area contributed by atoms with Crippen LogP contribution in [0.15, 0.2) is 17.6 Å². The molecule has 3 amide bonds. The topological polar surface area (TPSA) is 125 Å². The van der Waals surface area contributed by atoms with Gasteiger partial charge in [0.15, 0.2) is 0 Å². The quantitative estimate of drug-likeness (QED) is 0.200. The first kappa shape index (κ1) is 26.8. The molecule has 9 nitrogen and oxygen atoms in total. The molecule has 3 rings (SSSR count). The summed E-state index contributed by atoms with van der Waals surface area (Å²) in [7, 11) is 0. The zero-order chi connectivity index (χ0) is 25.8. The van der Waals surface area contributed by atoms with Crippen LogP contribution in [-0.4, -0.2) is 65.7 Å². The second kappa shape index (κ2) is 11.3. The van der Waals surface area contributed by atoms with E-state index in [0.717, 1.165) is 32.1 Å². The van der Waals surface area contributed by atoms with Gasteiger partial charge in [-0.05, 0) is 42.4 Å². The van der Waals surface area contributed by atoms with Crippen molar-refractivity contribution in [3.05, 3.63) is 12.7 Å². The lowest BCUT2D eigenvalue weighted by Crippen LogP contribution is -2.57. The number of likely N-dealkylation sites (tertiary alicyclic amines) is 1. The Labute approximate surface area is 207 Å². The van der Waals surface area contributed by atoms with Crippen molar-refractivity contribution in [2.45, 2.75) is 83.8 Å². The average Bonchev–Trinajstić information content (AvgIpc) is 3.18. The molecule has 9 heteroatoms. The third-order valence-corrected chi connectivity index (χ3v) is 8.14. The molecule has 3 aliphatic rings. The molecule has 0 spiro atoms. The third kappa shape index (κ3) is 5.56. The molecule has 0 radical (unpaired) electrons. The number of piperidine rings is 1. The molecule has 0 aromatic rings. The van der Waals surface area contributed by atoms with Gasteiger partial charge < -0.3 is 15.5 Å². The number of aliphatic imine (C=N–C) groups is 1. The second-order valence-electron chi connectivity index (χ2n) is 10.7. The van der Waals surface area contributed by atoms with E-state index in [4.69, 9.17) is 0 Å². The number of Topliss-reactive ketones (excluding diaryl/α,β-unsaturated/α-hetero) is 1. The van der Waals surface area contributed by atoms with Crippen LogP contribution in [0.4, 0.5) is 0 Å². The number of isocyanates is 1. The van der Waals surface area contributed by atoms with E-state index in [2.05, 4.69) is 36.1 Å². The summed E-state index contributed by atoms with van der Waals surface area (Å²) in [6.07, 6.45) is 8.66. The summed E-state index contributed by atoms with van der Waals surface area (Å²) >= 11 is 0. The van der Waals surface area contributed by atoms with Crippen LogP contribution in [0.2, 0.25) is 0 Å². The van der Waals surface area contributed by atoms with E-state index >= 15 is 0 Å². The lowest BCUT2D eigenvalue weighted by atomic mass is 9.83. The molecule has 192 valence electrons. The van der Waals surface area contributed by atoms with Gasteiger partial charge in [-0.25, -0.2) is 4.79 Å². The molecule has 1 aliphatic heterocycles. The molecule has 2 saturated carbocycles. The third-order valence-electron chi connectivity index (χ3n) is 8.14. The first-order chi connectivity index (χ1) is 16.7. The lowest BCUT2D eigenvalue weighted by molar-refractivity contribution is -0.144. The average molecular weight is 487 g/mol. The normalized spacial score (nSPS) is 26.5. The molecule has 5 atom stereocenters. The molecule has 1 saturated heterocycles. The number of rotatable bonds is 11. The highest BCUT2D eigenvalue weighted by Crippen LogP contribution is 2.65. The molecule has 1 unspecified atom stereocenters. The monoisotopic (exact) mass is 486 g/mol. The number of hydrogen-bond donors (Lipinski definition) is 2. The Balaban J connectivity index is 1.80. The SMILES string of the molecule is C=CCNC(=O)C(=O)C(CCC)NC(=O)[C@@H]1[C@@H]2[C@H](CN1C(=O)[C@@H](N=C=O)C1CCCCC1)C2(C)C. The van der Waals surface area contributed by atoms with Crippen molar-refractivity contribution in [1.82, 2.24) is 15.5 Å². The van der Waals surface area contributed by atoms with Gasteiger partial charge in [-0.2, -0.15) is 4.99 Å². The van der Waals surface area contributed by atoms with Crippen molar-refractivity contribution in [2.75, 3.05) is 13.1 Å². The molecule has 2 N–H and O–H groups in total. The predicted octanol–water partition coefficient (Wildman–Crippen LogP) is 1.91. The fraction of sp³-hybridized carbons (Fsp3) is 0.731. The van der Waals surface area contributed by atoms with Crippen molar-refractivity contribution >= 4 is 29.6 Å². The molecule has 0 bridgehead atoms. The minimum Gasteiger partial charge on any atom is -0.346 e. The van der Waals surface area contributed by atoms with E-state index in [1.54, 1.807) is 11.0 Å². The van der Waals surface area contributed by atoms with Crippen LogP contribution in [0.25, 0.3) is 0 Å². The smallest absolute Gasteiger partial charge is 0.289 e. The van der Waals surface area contributed by atoms with E-state index in [9.17, 15) is 24.0 Å². The fourth-order valence-corrected chi connectivity index (χ4v) is 6.08. The second-order valence-corrected chi connectivity index (χ2v) is 10.7. The first-order valence-corrected chi connectivity index (χ1v) is 12.8. The molecule has 3 fully saturated rings. The van der Waals surface area contributed by atoms with Gasteiger partial charge in [0.1, 0.15) is 12.1 Å². The summed E-state index contributed by atoms with van der Waals surface area (Å²) in [5.41, 5.74) is -0.112. The van der Waals surface area contributed by atoms with Gasteiger partial charge in [0.2, 0.25) is 23.7 Å². The Hall–Kier alpha value is -2.80. The Kier molecular flexibility index (Phi) is 8.65. The van der Waals surface area contributed by atoms with Gasteiger partial charge in [0.05, 0.1) is 6.04 Å². The molecular formula is C26H38N4O5. The van der Waals surface area contributed by atoms with E-state index < -0.39 is 35.7 Å². The zero-order valence-electron chi connectivity index (χ0n) is 21.0. The van der Waals surface area contributed by atoms with Crippen LogP contribution in [0.5, 0.6) is 0 Å². The van der Waals surface area contributed by atoms with Crippen LogP contribution >= 0.6 is 0 Å². The van der Waals surface area contributed by atoms with E-state index in [0.29, 0.717) is 19.4 Å². The summed E-state index contributed by atoms with van der Waals surface area (Å²) in [5.74, 6) is -2.16. The molecule has 1 heterocycles. The molecule has 35 heavy (non-hydrogen) atoms. The van der Waals surface area contributed by atoms with Crippen molar-refractivity contribution in [2.24, 2.45) is 28.2 Å². The maximum atomic E-state index is 13.6. The maximum absolute atomic E-state index is 13.6. The van der Waals surface area contributed by atoms with Crippen molar-refractivity contribution in [3.63, 3.8) is 0 Å². The number of carbonyl (C=O) groups excluding carboxylic acids is 5. The van der Waals surface area contributed by atoms with Gasteiger partial charge in [-0.3, -0.25) is 19.2 Å². The van der Waals surface area contributed by atoms with Gasteiger partial charge in [-0.1, -0.05) is 52.5 Å². The molecular weight excluding hydrogens is 448 g/mol. The van der Waals surface area contributed by atoms with E-state index in [1.165, 1.54) is 6.08 Å². The highest BCUT2D eigenvalue weighted by Gasteiger charge is 2.69. The minimum absolute atomic E-state index is 0.0330. The Morgan fingerprint density at radius 1 is 1.20 bits per heavy atom. The van der Waals surface area contributed by atoms with Crippen molar-refractivity contribution < 1.29 is 24.0 Å². The Bertz CT molecular complexity index is 903. The number of carbonyl (C=O) groups is 4. The van der Waals surface area contributed by atoms with Crippen LogP contribution in [0.1, 0.15) is 65.7 Å². The summed E-state index contributed by atoms with van der Waals surface area (Å²) < 4.78 is 0. The molecule has 0 aromatic carbocycles. The molecule has 2 aliphatic carbocycles. The fourth-order valence-electron chi connectivity index (χ4n) is 6.08. The van der Waals surface area contributed by atoms with Gasteiger partial charge in [0.25, 0.3) is 5.91 Å². The van der Waals surface area contributed by atoms with Crippen LogP contribution < -0.4 is 10.6 Å². The zero-order valence-corrected chi connectivity index (χ0v) is 21.0. The summed E-state index contributed by atoms with van der Waals surface area (Å²) in [4.78, 5) is 68.8. The maximum Gasteiger partial charge on any atom is 0.289 e. The lowest BCUT2D eigenvalue weighted by Gasteiger charge is -2.35. The highest BCUT2D eigenvalue weighted by molar-refractivity contribution is 6.38. The summed E-state index contributed by atoms with van der Waals surface area (Å²) in [6, 6.07) is -2.57. The van der Waals surface area contributed by atoms with Crippen LogP contribution in [-0.2, 0) is 24.0 Å². The van der Waals surface area contributed by atoms with E-state index in [1.807, 2.05) is 6.92 Å². The van der Waals surface area contributed by atoms with Crippen molar-refractivity contribution in [1.29, 1.82) is 0 Å². The summed E-state index contributed by atoms with van der Waals surface area (Å²) in [6.45, 7) is 10.1. The van der Waals surface area contributed by atoms with Crippen molar-refractivity contribution in [3.8, 4) is 0 Å². The number of nitrogens with one attached hydrogen (secondary N) is 2. The number of ketones is 1. The van der Waals surface area contributed by atoms with Crippen LogP contribution in [0.3, 0.4) is 0 Å².